The molecular weight excluding hydrogens is 159 g/mol. The van der Waals surface area contributed by atoms with E-state index >= 15 is 0 Å². The number of hydrogen-bond donors (Lipinski definition) is 0. The summed E-state index contributed by atoms with van der Waals surface area (Å²) in [5.74, 6) is 0. The van der Waals surface area contributed by atoms with Crippen molar-refractivity contribution in [2.75, 3.05) is 6.61 Å². The zero-order valence-electron chi connectivity index (χ0n) is 9.46. The molecule has 0 aliphatic heterocycles. The van der Waals surface area contributed by atoms with Crippen molar-refractivity contribution in [3.05, 3.63) is 12.7 Å². The molecular formula is C10H19LiO2. The minimum absolute atomic E-state index is 0. The van der Waals surface area contributed by atoms with Gasteiger partial charge in [0, 0.05) is 6.61 Å². The van der Waals surface area contributed by atoms with Crippen LogP contribution in [0.15, 0.2) is 6.08 Å². The third-order valence-corrected chi connectivity index (χ3v) is 1.50. The summed E-state index contributed by atoms with van der Waals surface area (Å²) in [6, 6.07) is 0. The molecule has 0 fully saturated rings. The molecule has 13 heavy (non-hydrogen) atoms. The molecule has 0 bridgehead atoms. The van der Waals surface area contributed by atoms with Crippen molar-refractivity contribution < 1.29 is 28.3 Å². The van der Waals surface area contributed by atoms with Gasteiger partial charge in [-0.3, -0.25) is 6.08 Å². The van der Waals surface area contributed by atoms with Crippen LogP contribution in [-0.4, -0.2) is 18.5 Å². The molecule has 0 radical (unpaired) electrons. The molecule has 0 aliphatic carbocycles. The Balaban J connectivity index is 0. The first kappa shape index (κ1) is 15.7. The van der Waals surface area contributed by atoms with Gasteiger partial charge in [0.2, 0.25) is 0 Å². The fourth-order valence-corrected chi connectivity index (χ4v) is 1.05. The molecule has 0 rings (SSSR count). The van der Waals surface area contributed by atoms with E-state index in [2.05, 4.69) is 0 Å². The summed E-state index contributed by atoms with van der Waals surface area (Å²) in [6.07, 6.45) is 2.17. The van der Waals surface area contributed by atoms with E-state index in [1.165, 1.54) is 0 Å². The quantitative estimate of drug-likeness (QED) is 0.311. The van der Waals surface area contributed by atoms with Gasteiger partial charge in [-0.1, -0.05) is 0 Å². The van der Waals surface area contributed by atoms with Crippen molar-refractivity contribution in [2.24, 2.45) is 0 Å². The van der Waals surface area contributed by atoms with Gasteiger partial charge in [-0.05, 0) is 34.1 Å². The largest absolute Gasteiger partial charge is 1.00 e. The summed E-state index contributed by atoms with van der Waals surface area (Å²) in [6.45, 7) is 13.8. The second-order valence-corrected chi connectivity index (χ2v) is 3.34. The monoisotopic (exact) mass is 178 g/mol. The summed E-state index contributed by atoms with van der Waals surface area (Å²) in [7, 11) is 0. The maximum Gasteiger partial charge on any atom is 1.00 e. The van der Waals surface area contributed by atoms with E-state index in [0.717, 1.165) is 6.42 Å². The number of rotatable bonds is 6. The second kappa shape index (κ2) is 7.64. The minimum Gasteiger partial charge on any atom is -0.518 e. The SMILES string of the molecule is [CH-]=CCC(C)(C)OC(C)OCC.[Li+]. The van der Waals surface area contributed by atoms with Crippen LogP contribution >= 0.6 is 0 Å². The zero-order valence-corrected chi connectivity index (χ0v) is 9.46. The molecule has 0 aliphatic rings. The molecule has 2 nitrogen and oxygen atoms in total. The zero-order chi connectivity index (χ0) is 9.61. The second-order valence-electron chi connectivity index (χ2n) is 3.34. The molecule has 0 aromatic carbocycles. The molecule has 0 aromatic rings. The molecule has 0 spiro atoms. The summed E-state index contributed by atoms with van der Waals surface area (Å²) in [5.41, 5.74) is -0.233. The van der Waals surface area contributed by atoms with E-state index < -0.39 is 0 Å². The van der Waals surface area contributed by atoms with E-state index in [0.29, 0.717) is 6.61 Å². The van der Waals surface area contributed by atoms with Crippen LogP contribution in [0.5, 0.6) is 0 Å². The van der Waals surface area contributed by atoms with Crippen LogP contribution in [0, 0.1) is 6.58 Å². The van der Waals surface area contributed by atoms with Gasteiger partial charge in [-0.15, -0.1) is 0 Å². The Morgan fingerprint density at radius 3 is 2.38 bits per heavy atom. The van der Waals surface area contributed by atoms with Gasteiger partial charge >= 0.3 is 18.9 Å². The molecule has 0 N–H and O–H groups in total. The average Bonchev–Trinajstić information content (AvgIpc) is 1.85. The van der Waals surface area contributed by atoms with E-state index in [-0.39, 0.29) is 30.8 Å². The van der Waals surface area contributed by atoms with E-state index in [1.807, 2.05) is 27.7 Å². The maximum atomic E-state index is 5.59. The van der Waals surface area contributed by atoms with Crippen molar-refractivity contribution in [1.29, 1.82) is 0 Å². The molecule has 0 heterocycles. The molecule has 0 amide bonds. The molecule has 0 aromatic heterocycles. The molecule has 0 saturated heterocycles. The van der Waals surface area contributed by atoms with Gasteiger partial charge in [-0.25, -0.2) is 0 Å². The Hall–Kier alpha value is 0.257. The first-order valence-corrected chi connectivity index (χ1v) is 4.34. The Labute approximate surface area is 93.9 Å². The number of hydrogen-bond acceptors (Lipinski definition) is 2. The topological polar surface area (TPSA) is 18.5 Å². The van der Waals surface area contributed by atoms with Crippen molar-refractivity contribution >= 4 is 0 Å². The van der Waals surface area contributed by atoms with Crippen LogP contribution in [0.2, 0.25) is 0 Å². The summed E-state index contributed by atoms with van der Waals surface area (Å²) in [5, 5.41) is 0. The standard InChI is InChI=1S/C10H19O2.Li/c1-6-8-10(4,5)12-9(3)11-7-2;/h1,6,9H,7-8H2,2-5H3;/q-1;+1. The third-order valence-electron chi connectivity index (χ3n) is 1.50. The Bertz CT molecular complexity index is 135. The molecule has 72 valence electrons. The first-order valence-electron chi connectivity index (χ1n) is 4.34. The summed E-state index contributed by atoms with van der Waals surface area (Å²) < 4.78 is 10.8. The van der Waals surface area contributed by atoms with E-state index in [1.54, 1.807) is 6.08 Å². The van der Waals surface area contributed by atoms with E-state index in [9.17, 15) is 0 Å². The van der Waals surface area contributed by atoms with Gasteiger partial charge in [0.05, 0.1) is 5.60 Å². The fourth-order valence-electron chi connectivity index (χ4n) is 1.05. The summed E-state index contributed by atoms with van der Waals surface area (Å²) >= 11 is 0. The summed E-state index contributed by atoms with van der Waals surface area (Å²) in [4.78, 5) is 0. The van der Waals surface area contributed by atoms with Gasteiger partial charge in [0.1, 0.15) is 0 Å². The van der Waals surface area contributed by atoms with Crippen molar-refractivity contribution in [3.8, 4) is 0 Å². The predicted octanol–water partition coefficient (Wildman–Crippen LogP) is -0.453. The van der Waals surface area contributed by atoms with Crippen LogP contribution in [-0.2, 0) is 9.47 Å². The van der Waals surface area contributed by atoms with Crippen LogP contribution in [0.25, 0.3) is 0 Å². The van der Waals surface area contributed by atoms with Crippen molar-refractivity contribution in [2.45, 2.75) is 46.0 Å². The van der Waals surface area contributed by atoms with Gasteiger partial charge in [0.15, 0.2) is 6.29 Å². The molecule has 1 unspecified atom stereocenters. The van der Waals surface area contributed by atoms with Gasteiger partial charge < -0.3 is 16.1 Å². The van der Waals surface area contributed by atoms with Crippen molar-refractivity contribution in [3.63, 3.8) is 0 Å². The Kier molecular flexibility index (Phi) is 9.24. The Morgan fingerprint density at radius 2 is 2.00 bits per heavy atom. The van der Waals surface area contributed by atoms with Gasteiger partial charge in [-0.2, -0.15) is 0 Å². The predicted molar refractivity (Wildman–Crippen MR) is 49.7 cm³/mol. The molecule has 3 heteroatoms. The number of ether oxygens (including phenoxy) is 2. The van der Waals surface area contributed by atoms with Crippen LogP contribution < -0.4 is 18.9 Å². The van der Waals surface area contributed by atoms with Crippen LogP contribution in [0.3, 0.4) is 0 Å². The van der Waals surface area contributed by atoms with Crippen LogP contribution in [0.4, 0.5) is 0 Å². The van der Waals surface area contributed by atoms with Gasteiger partial charge in [0.25, 0.3) is 0 Å². The third kappa shape index (κ3) is 8.58. The average molecular weight is 178 g/mol. The maximum absolute atomic E-state index is 5.59. The fraction of sp³-hybridized carbons (Fsp3) is 0.800. The normalized spacial score (nSPS) is 13.2. The molecule has 0 saturated carbocycles. The van der Waals surface area contributed by atoms with E-state index in [4.69, 9.17) is 16.1 Å². The van der Waals surface area contributed by atoms with Crippen LogP contribution in [0.1, 0.15) is 34.1 Å². The smallest absolute Gasteiger partial charge is 0.518 e. The first-order chi connectivity index (χ1) is 5.52. The Morgan fingerprint density at radius 1 is 1.46 bits per heavy atom. The van der Waals surface area contributed by atoms with Crippen molar-refractivity contribution in [1.82, 2.24) is 0 Å². The molecule has 1 atom stereocenters. The minimum atomic E-state index is -0.233.